The Morgan fingerprint density at radius 1 is 1.41 bits per heavy atom. The number of methoxy groups -OCH3 is 1. The molecule has 0 atom stereocenters. The standard InChI is InChI=1S/C8H8F3N3O2.C4H6N2/c1-16-7(15)5(2-12)14-3-6(13-4-14)8(9,10)11;1-6-3-2-5-4-6/h2-4H,12H2,1H3;2-4H,1H3/b5-2+;. The van der Waals surface area contributed by atoms with Gasteiger partial charge in [0.1, 0.15) is 12.0 Å². The van der Waals surface area contributed by atoms with Gasteiger partial charge in [0.15, 0.2) is 5.69 Å². The maximum absolute atomic E-state index is 12.2. The van der Waals surface area contributed by atoms with Crippen LogP contribution in [0.5, 0.6) is 0 Å². The molecule has 2 aromatic rings. The minimum atomic E-state index is -4.57. The first kappa shape index (κ1) is 17.3. The van der Waals surface area contributed by atoms with E-state index in [4.69, 9.17) is 5.73 Å². The van der Waals surface area contributed by atoms with E-state index < -0.39 is 17.8 Å². The normalized spacial score (nSPS) is 11.6. The molecule has 7 nitrogen and oxygen atoms in total. The maximum atomic E-state index is 12.2. The molecule has 22 heavy (non-hydrogen) atoms. The Bertz CT molecular complexity index is 631. The summed E-state index contributed by atoms with van der Waals surface area (Å²) in [5, 5.41) is 0. The summed E-state index contributed by atoms with van der Waals surface area (Å²) < 4.78 is 43.7. The van der Waals surface area contributed by atoms with Gasteiger partial charge < -0.3 is 15.0 Å². The van der Waals surface area contributed by atoms with Gasteiger partial charge in [0.05, 0.1) is 13.4 Å². The van der Waals surface area contributed by atoms with Crippen LogP contribution < -0.4 is 5.73 Å². The highest BCUT2D eigenvalue weighted by molar-refractivity contribution is 6.09. The fourth-order valence-electron chi connectivity index (χ4n) is 1.29. The molecule has 0 saturated carbocycles. The van der Waals surface area contributed by atoms with E-state index >= 15 is 0 Å². The van der Waals surface area contributed by atoms with E-state index in [1.54, 1.807) is 12.5 Å². The number of esters is 1. The lowest BCUT2D eigenvalue weighted by Gasteiger charge is -2.04. The number of aromatic nitrogens is 4. The van der Waals surface area contributed by atoms with Gasteiger partial charge in [-0.05, 0) is 0 Å². The summed E-state index contributed by atoms with van der Waals surface area (Å²) in [6.45, 7) is 0. The van der Waals surface area contributed by atoms with Crippen LogP contribution in [0.3, 0.4) is 0 Å². The quantitative estimate of drug-likeness (QED) is 0.665. The average molecular weight is 317 g/mol. The van der Waals surface area contributed by atoms with Crippen LogP contribution in [0.4, 0.5) is 13.2 Å². The SMILES string of the molecule is COC(=O)/C(=C\N)n1cnc(C(F)(F)F)c1.Cn1ccnc1. The molecule has 0 aliphatic heterocycles. The number of imidazole rings is 2. The number of aryl methyl sites for hydroxylation is 1. The first-order valence-electron chi connectivity index (χ1n) is 5.83. The number of nitrogens with two attached hydrogens (primary N) is 1. The van der Waals surface area contributed by atoms with Gasteiger partial charge in [0.2, 0.25) is 0 Å². The molecule has 0 radical (unpaired) electrons. The number of carbonyl (C=O) groups is 1. The summed E-state index contributed by atoms with van der Waals surface area (Å²) in [6, 6.07) is 0. The van der Waals surface area contributed by atoms with Crippen molar-refractivity contribution in [3.63, 3.8) is 0 Å². The highest BCUT2D eigenvalue weighted by Gasteiger charge is 2.34. The molecule has 120 valence electrons. The van der Waals surface area contributed by atoms with Crippen LogP contribution in [-0.2, 0) is 22.8 Å². The predicted molar refractivity (Wildman–Crippen MR) is 70.9 cm³/mol. The van der Waals surface area contributed by atoms with Gasteiger partial charge in [0, 0.05) is 31.8 Å². The third kappa shape index (κ3) is 4.65. The van der Waals surface area contributed by atoms with Crippen LogP contribution in [-0.4, -0.2) is 32.2 Å². The van der Waals surface area contributed by atoms with Gasteiger partial charge in [-0.2, -0.15) is 13.2 Å². The topological polar surface area (TPSA) is 88.0 Å². The van der Waals surface area contributed by atoms with Crippen molar-refractivity contribution in [2.45, 2.75) is 6.18 Å². The van der Waals surface area contributed by atoms with Gasteiger partial charge in [0.25, 0.3) is 0 Å². The number of ether oxygens (including phenoxy) is 1. The predicted octanol–water partition coefficient (Wildman–Crippen LogP) is 1.25. The third-order valence-electron chi connectivity index (χ3n) is 2.34. The Morgan fingerprint density at radius 3 is 2.41 bits per heavy atom. The Kier molecular flexibility index (Phi) is 5.72. The smallest absolute Gasteiger partial charge is 0.434 e. The summed E-state index contributed by atoms with van der Waals surface area (Å²) >= 11 is 0. The number of nitrogens with zero attached hydrogens (tertiary/aromatic N) is 4. The lowest BCUT2D eigenvalue weighted by Crippen LogP contribution is -2.11. The summed E-state index contributed by atoms with van der Waals surface area (Å²) in [6.07, 6.45) is 3.14. The second-order valence-electron chi connectivity index (χ2n) is 3.94. The monoisotopic (exact) mass is 317 g/mol. The summed E-state index contributed by atoms with van der Waals surface area (Å²) in [5.74, 6) is -0.853. The molecule has 0 fully saturated rings. The molecule has 0 spiro atoms. The zero-order chi connectivity index (χ0) is 16.8. The zero-order valence-corrected chi connectivity index (χ0v) is 11.8. The molecule has 0 saturated heterocycles. The molecule has 0 unspecified atom stereocenters. The van der Waals surface area contributed by atoms with Crippen molar-refractivity contribution in [3.8, 4) is 0 Å². The maximum Gasteiger partial charge on any atom is 0.434 e. The molecule has 0 aliphatic rings. The molecular formula is C12H14F3N5O2. The summed E-state index contributed by atoms with van der Waals surface area (Å²) in [4.78, 5) is 18.0. The Hall–Kier alpha value is -2.78. The van der Waals surface area contributed by atoms with Crippen molar-refractivity contribution < 1.29 is 22.7 Å². The van der Waals surface area contributed by atoms with Crippen molar-refractivity contribution >= 4 is 11.7 Å². The van der Waals surface area contributed by atoms with Gasteiger partial charge in [-0.1, -0.05) is 0 Å². The van der Waals surface area contributed by atoms with Gasteiger partial charge in [-0.15, -0.1) is 0 Å². The third-order valence-corrected chi connectivity index (χ3v) is 2.34. The van der Waals surface area contributed by atoms with E-state index in [1.165, 1.54) is 0 Å². The highest BCUT2D eigenvalue weighted by Crippen LogP contribution is 2.27. The summed E-state index contributed by atoms with van der Waals surface area (Å²) in [7, 11) is 3.03. The molecular weight excluding hydrogens is 303 g/mol. The fraction of sp³-hybridized carbons (Fsp3) is 0.250. The number of carbonyl (C=O) groups excluding carboxylic acids is 1. The molecule has 0 aromatic carbocycles. The molecule has 0 bridgehead atoms. The molecule has 0 aliphatic carbocycles. The van der Waals surface area contributed by atoms with Gasteiger partial charge >= 0.3 is 12.1 Å². The van der Waals surface area contributed by atoms with Crippen molar-refractivity contribution in [2.24, 2.45) is 12.8 Å². The van der Waals surface area contributed by atoms with E-state index in [9.17, 15) is 18.0 Å². The Balaban J connectivity index is 0.000000335. The van der Waals surface area contributed by atoms with Gasteiger partial charge in [-0.3, -0.25) is 4.57 Å². The van der Waals surface area contributed by atoms with E-state index in [1.807, 2.05) is 17.8 Å². The van der Waals surface area contributed by atoms with Crippen LogP contribution in [0.15, 0.2) is 37.4 Å². The second-order valence-corrected chi connectivity index (χ2v) is 3.94. The van der Waals surface area contributed by atoms with Crippen molar-refractivity contribution in [1.82, 2.24) is 19.1 Å². The van der Waals surface area contributed by atoms with Crippen LogP contribution in [0.2, 0.25) is 0 Å². The molecule has 10 heteroatoms. The van der Waals surface area contributed by atoms with Gasteiger partial charge in [-0.25, -0.2) is 14.8 Å². The molecule has 2 heterocycles. The minimum absolute atomic E-state index is 0.245. The second kappa shape index (κ2) is 7.29. The number of rotatable bonds is 2. The molecule has 2 N–H and O–H groups in total. The number of hydrogen-bond donors (Lipinski definition) is 1. The minimum Gasteiger partial charge on any atom is -0.464 e. The summed E-state index contributed by atoms with van der Waals surface area (Å²) in [5.41, 5.74) is 3.75. The number of halogens is 3. The first-order valence-corrected chi connectivity index (χ1v) is 5.83. The first-order chi connectivity index (χ1) is 10.3. The average Bonchev–Trinajstić information content (AvgIpc) is 3.11. The molecule has 0 amide bonds. The zero-order valence-electron chi connectivity index (χ0n) is 11.8. The Labute approximate surface area is 123 Å². The molecule has 2 rings (SSSR count). The number of hydrogen-bond acceptors (Lipinski definition) is 5. The van der Waals surface area contributed by atoms with Crippen molar-refractivity contribution in [3.05, 3.63) is 43.1 Å². The van der Waals surface area contributed by atoms with Crippen LogP contribution >= 0.6 is 0 Å². The highest BCUT2D eigenvalue weighted by atomic mass is 19.4. The van der Waals surface area contributed by atoms with E-state index in [0.717, 1.165) is 24.2 Å². The number of alkyl halides is 3. The lowest BCUT2D eigenvalue weighted by atomic mass is 10.4. The Morgan fingerprint density at radius 2 is 2.09 bits per heavy atom. The van der Waals surface area contributed by atoms with Crippen LogP contribution in [0, 0.1) is 0 Å². The molecule has 2 aromatic heterocycles. The van der Waals surface area contributed by atoms with E-state index in [2.05, 4.69) is 14.7 Å². The van der Waals surface area contributed by atoms with E-state index in [-0.39, 0.29) is 5.70 Å². The van der Waals surface area contributed by atoms with Crippen LogP contribution in [0.1, 0.15) is 5.69 Å². The largest absolute Gasteiger partial charge is 0.464 e. The van der Waals surface area contributed by atoms with Crippen molar-refractivity contribution in [2.75, 3.05) is 7.11 Å². The van der Waals surface area contributed by atoms with Crippen LogP contribution in [0.25, 0.3) is 5.70 Å². The van der Waals surface area contributed by atoms with Crippen molar-refractivity contribution in [1.29, 1.82) is 0 Å². The van der Waals surface area contributed by atoms with E-state index in [0.29, 0.717) is 6.20 Å². The fourth-order valence-corrected chi connectivity index (χ4v) is 1.29. The lowest BCUT2D eigenvalue weighted by molar-refractivity contribution is -0.141.